The molecule has 2 aromatic carbocycles. The van der Waals surface area contributed by atoms with Gasteiger partial charge in [-0.1, -0.05) is 51.1 Å². The molecule has 1 heterocycles. The van der Waals surface area contributed by atoms with E-state index < -0.39 is 11.7 Å². The number of anilines is 3. The number of benzene rings is 2. The van der Waals surface area contributed by atoms with Crippen LogP contribution in [0.1, 0.15) is 36.7 Å². The highest BCUT2D eigenvalue weighted by molar-refractivity contribution is 6.04. The molecule has 0 saturated heterocycles. The topological polar surface area (TPSA) is 54.0 Å². The molecule has 0 aliphatic heterocycles. The first-order chi connectivity index (χ1) is 12.8. The summed E-state index contributed by atoms with van der Waals surface area (Å²) >= 11 is 0. The molecule has 4 nitrogen and oxygen atoms in total. The lowest BCUT2D eigenvalue weighted by atomic mass is 9.86. The van der Waals surface area contributed by atoms with Gasteiger partial charge < -0.3 is 10.6 Å². The lowest BCUT2D eigenvalue weighted by molar-refractivity contribution is 0.102. The zero-order valence-electron chi connectivity index (χ0n) is 15.6. The third-order valence-corrected chi connectivity index (χ3v) is 4.14. The summed E-state index contributed by atoms with van der Waals surface area (Å²) in [5, 5.41) is 5.90. The molecule has 0 bridgehead atoms. The van der Waals surface area contributed by atoms with E-state index in [0.29, 0.717) is 11.3 Å². The van der Waals surface area contributed by atoms with Gasteiger partial charge in [0.2, 0.25) is 0 Å². The van der Waals surface area contributed by atoms with E-state index in [0.717, 1.165) is 11.3 Å². The highest BCUT2D eigenvalue weighted by Crippen LogP contribution is 2.31. The maximum absolute atomic E-state index is 13.7. The Kier molecular flexibility index (Phi) is 5.21. The molecule has 0 aliphatic carbocycles. The minimum atomic E-state index is -0.479. The number of hydrogen-bond acceptors (Lipinski definition) is 3. The summed E-state index contributed by atoms with van der Waals surface area (Å²) in [5.41, 5.74) is 3.25. The van der Waals surface area contributed by atoms with Crippen molar-refractivity contribution in [2.45, 2.75) is 26.2 Å². The molecule has 27 heavy (non-hydrogen) atoms. The second-order valence-corrected chi connectivity index (χ2v) is 7.32. The van der Waals surface area contributed by atoms with Crippen molar-refractivity contribution in [2.75, 3.05) is 10.6 Å². The third kappa shape index (κ3) is 4.50. The fraction of sp³-hybridized carbons (Fsp3) is 0.182. The predicted octanol–water partition coefficient (Wildman–Crippen LogP) is 5.51. The number of carbonyl (C=O) groups excluding carboxylic acids is 1. The van der Waals surface area contributed by atoms with Crippen molar-refractivity contribution >= 4 is 23.0 Å². The van der Waals surface area contributed by atoms with Gasteiger partial charge in [-0.15, -0.1) is 0 Å². The molecule has 0 atom stereocenters. The molecule has 0 spiro atoms. The average molecular weight is 363 g/mol. The number of carbonyl (C=O) groups is 1. The molecule has 2 N–H and O–H groups in total. The van der Waals surface area contributed by atoms with Crippen molar-refractivity contribution < 1.29 is 9.18 Å². The SMILES string of the molecule is CC(C)(C)c1ccccc1Nc1cncc(C(=O)Nc2ccccc2F)c1. The van der Waals surface area contributed by atoms with Crippen molar-refractivity contribution in [3.05, 3.63) is 83.9 Å². The molecule has 0 unspecified atom stereocenters. The Hall–Kier alpha value is -3.21. The van der Waals surface area contributed by atoms with Gasteiger partial charge in [-0.05, 0) is 35.2 Å². The Morgan fingerprint density at radius 1 is 0.963 bits per heavy atom. The number of pyridine rings is 1. The van der Waals surface area contributed by atoms with E-state index in [-0.39, 0.29) is 11.1 Å². The van der Waals surface area contributed by atoms with Gasteiger partial charge in [-0.3, -0.25) is 9.78 Å². The van der Waals surface area contributed by atoms with Gasteiger partial charge >= 0.3 is 0 Å². The van der Waals surface area contributed by atoms with Gasteiger partial charge in [0.25, 0.3) is 5.91 Å². The zero-order chi connectivity index (χ0) is 19.4. The first kappa shape index (κ1) is 18.6. The summed E-state index contributed by atoms with van der Waals surface area (Å²) in [5.74, 6) is -0.896. The minimum Gasteiger partial charge on any atom is -0.354 e. The van der Waals surface area contributed by atoms with Crippen molar-refractivity contribution in [1.29, 1.82) is 0 Å². The summed E-state index contributed by atoms with van der Waals surface area (Å²) in [6.07, 6.45) is 3.11. The fourth-order valence-corrected chi connectivity index (χ4v) is 2.79. The lowest BCUT2D eigenvalue weighted by Gasteiger charge is -2.23. The van der Waals surface area contributed by atoms with E-state index in [1.54, 1.807) is 24.4 Å². The number of halogens is 1. The first-order valence-electron chi connectivity index (χ1n) is 8.72. The van der Waals surface area contributed by atoms with Crippen molar-refractivity contribution in [1.82, 2.24) is 4.98 Å². The molecule has 1 aromatic heterocycles. The molecule has 0 saturated carbocycles. The summed E-state index contributed by atoms with van der Waals surface area (Å²) in [4.78, 5) is 16.6. The normalized spacial score (nSPS) is 11.1. The summed E-state index contributed by atoms with van der Waals surface area (Å²) in [6, 6.07) is 15.8. The van der Waals surface area contributed by atoms with Crippen molar-refractivity contribution in [3.63, 3.8) is 0 Å². The van der Waals surface area contributed by atoms with Crippen LogP contribution < -0.4 is 10.6 Å². The van der Waals surface area contributed by atoms with Gasteiger partial charge in [0.15, 0.2) is 0 Å². The van der Waals surface area contributed by atoms with Crippen LogP contribution in [0, 0.1) is 5.82 Å². The molecule has 5 heteroatoms. The van der Waals surface area contributed by atoms with Crippen LogP contribution in [0.2, 0.25) is 0 Å². The monoisotopic (exact) mass is 363 g/mol. The van der Waals surface area contributed by atoms with Gasteiger partial charge in [-0.25, -0.2) is 4.39 Å². The Morgan fingerprint density at radius 3 is 2.33 bits per heavy atom. The van der Waals surface area contributed by atoms with E-state index in [9.17, 15) is 9.18 Å². The van der Waals surface area contributed by atoms with Crippen LogP contribution in [0.15, 0.2) is 67.0 Å². The number of rotatable bonds is 4. The number of nitrogens with one attached hydrogen (secondary N) is 2. The van der Waals surface area contributed by atoms with Crippen molar-refractivity contribution in [3.8, 4) is 0 Å². The smallest absolute Gasteiger partial charge is 0.257 e. The standard InChI is InChI=1S/C22H22FN3O/c1-22(2,3)17-8-4-6-10-19(17)25-16-12-15(13-24-14-16)21(27)26-20-11-7-5-9-18(20)23/h4-14,25H,1-3H3,(H,26,27). The van der Waals surface area contributed by atoms with Crippen LogP contribution in [0.4, 0.5) is 21.5 Å². The highest BCUT2D eigenvalue weighted by atomic mass is 19.1. The Balaban J connectivity index is 1.83. The van der Waals surface area contributed by atoms with Crippen LogP contribution in [-0.2, 0) is 5.41 Å². The number of para-hydroxylation sites is 2. The molecule has 0 fully saturated rings. The summed E-state index contributed by atoms with van der Waals surface area (Å²) < 4.78 is 13.7. The van der Waals surface area contributed by atoms with Crippen LogP contribution in [0.3, 0.4) is 0 Å². The van der Waals surface area contributed by atoms with Crippen LogP contribution >= 0.6 is 0 Å². The molecule has 3 aromatic rings. The van der Waals surface area contributed by atoms with Gasteiger partial charge in [0.1, 0.15) is 5.82 Å². The van der Waals surface area contributed by atoms with Gasteiger partial charge in [0.05, 0.1) is 23.1 Å². The Labute approximate surface area is 158 Å². The van der Waals surface area contributed by atoms with Crippen LogP contribution in [-0.4, -0.2) is 10.9 Å². The second kappa shape index (κ2) is 7.58. The van der Waals surface area contributed by atoms with Crippen molar-refractivity contribution in [2.24, 2.45) is 0 Å². The van der Waals surface area contributed by atoms with E-state index in [2.05, 4.69) is 42.5 Å². The maximum Gasteiger partial charge on any atom is 0.257 e. The third-order valence-electron chi connectivity index (χ3n) is 4.14. The molecular formula is C22H22FN3O. The number of aromatic nitrogens is 1. The molecular weight excluding hydrogens is 341 g/mol. The summed E-state index contributed by atoms with van der Waals surface area (Å²) in [7, 11) is 0. The number of nitrogens with zero attached hydrogens (tertiary/aromatic N) is 1. The first-order valence-corrected chi connectivity index (χ1v) is 8.72. The maximum atomic E-state index is 13.7. The minimum absolute atomic E-state index is 0.0309. The van der Waals surface area contributed by atoms with Gasteiger partial charge in [0, 0.05) is 11.9 Å². The van der Waals surface area contributed by atoms with E-state index >= 15 is 0 Å². The molecule has 0 aliphatic rings. The van der Waals surface area contributed by atoms with E-state index in [1.165, 1.54) is 18.3 Å². The largest absolute Gasteiger partial charge is 0.354 e. The molecule has 138 valence electrons. The second-order valence-electron chi connectivity index (χ2n) is 7.32. The van der Waals surface area contributed by atoms with Crippen LogP contribution in [0.25, 0.3) is 0 Å². The average Bonchev–Trinajstić information content (AvgIpc) is 2.63. The van der Waals surface area contributed by atoms with E-state index in [1.807, 2.05) is 18.2 Å². The molecule has 3 rings (SSSR count). The molecule has 1 amide bonds. The highest BCUT2D eigenvalue weighted by Gasteiger charge is 2.18. The van der Waals surface area contributed by atoms with E-state index in [4.69, 9.17) is 0 Å². The Bertz CT molecular complexity index is 964. The quantitative estimate of drug-likeness (QED) is 0.642. The van der Waals surface area contributed by atoms with Gasteiger partial charge in [-0.2, -0.15) is 0 Å². The predicted molar refractivity (Wildman–Crippen MR) is 107 cm³/mol. The fourth-order valence-electron chi connectivity index (χ4n) is 2.79. The lowest BCUT2D eigenvalue weighted by Crippen LogP contribution is -2.15. The number of hydrogen-bond donors (Lipinski definition) is 2. The summed E-state index contributed by atoms with van der Waals surface area (Å²) in [6.45, 7) is 6.43. The molecule has 0 radical (unpaired) electrons. The van der Waals surface area contributed by atoms with Crippen LogP contribution in [0.5, 0.6) is 0 Å². The zero-order valence-corrected chi connectivity index (χ0v) is 15.6. The Morgan fingerprint density at radius 2 is 1.63 bits per heavy atom. The number of amides is 1.